The van der Waals surface area contributed by atoms with Gasteiger partial charge >= 0.3 is 12.2 Å². The molecule has 0 atom stereocenters. The zero-order valence-electron chi connectivity index (χ0n) is 16.2. The van der Waals surface area contributed by atoms with E-state index in [0.29, 0.717) is 11.6 Å². The number of amides is 3. The Bertz CT molecular complexity index is 1170. The molecule has 0 aliphatic carbocycles. The van der Waals surface area contributed by atoms with E-state index in [2.05, 4.69) is 15.6 Å². The number of anilines is 1. The topological polar surface area (TPSA) is 93.1 Å². The highest BCUT2D eigenvalue weighted by atomic mass is 19.4. The van der Waals surface area contributed by atoms with Crippen LogP contribution in [0.15, 0.2) is 65.7 Å². The number of rotatable bonds is 4. The first kappa shape index (κ1) is 21.8. The molecule has 0 fully saturated rings. The molecule has 0 aliphatic rings. The molecule has 0 bridgehead atoms. The van der Waals surface area contributed by atoms with Gasteiger partial charge in [-0.05, 0) is 42.3 Å². The van der Waals surface area contributed by atoms with Gasteiger partial charge in [0.2, 0.25) is 0 Å². The van der Waals surface area contributed by atoms with Crippen LogP contribution in [0.1, 0.15) is 27.0 Å². The summed E-state index contributed by atoms with van der Waals surface area (Å²) in [6, 6.07) is 9.96. The van der Waals surface area contributed by atoms with E-state index in [4.69, 9.17) is 0 Å². The van der Waals surface area contributed by atoms with E-state index in [-0.39, 0.29) is 17.9 Å². The third kappa shape index (κ3) is 5.78. The van der Waals surface area contributed by atoms with Crippen LogP contribution >= 0.6 is 0 Å². The van der Waals surface area contributed by atoms with Gasteiger partial charge in [-0.15, -0.1) is 0 Å². The molecule has 2 N–H and O–H groups in total. The van der Waals surface area contributed by atoms with Gasteiger partial charge in [-0.25, -0.2) is 9.78 Å². The van der Waals surface area contributed by atoms with E-state index in [9.17, 15) is 27.6 Å². The molecule has 31 heavy (non-hydrogen) atoms. The summed E-state index contributed by atoms with van der Waals surface area (Å²) < 4.78 is 39.6. The van der Waals surface area contributed by atoms with Gasteiger partial charge in [0.1, 0.15) is 5.82 Å². The van der Waals surface area contributed by atoms with Crippen LogP contribution < -0.4 is 16.2 Å². The average molecular weight is 430 g/mol. The van der Waals surface area contributed by atoms with Gasteiger partial charge in [0.05, 0.1) is 12.1 Å². The molecule has 0 saturated carbocycles. The zero-order chi connectivity index (χ0) is 22.6. The van der Waals surface area contributed by atoms with Crippen LogP contribution in [-0.4, -0.2) is 21.5 Å². The number of carbonyl (C=O) groups excluding carboxylic acids is 2. The summed E-state index contributed by atoms with van der Waals surface area (Å²) in [5.41, 5.74) is -0.159. The number of aromatic nitrogens is 2. The lowest BCUT2D eigenvalue weighted by molar-refractivity contribution is -0.138. The summed E-state index contributed by atoms with van der Waals surface area (Å²) in [4.78, 5) is 40.3. The molecule has 2 heterocycles. The standard InChI is InChI=1S/C21H17F3N4O3/c1-13-5-7-17(25-10-13)26-20(31)27-19(30)15-4-2-3-14(9-15)11-28-12-16(21(22,23)24)6-8-18(28)29/h2-10,12H,11H2,1H3,(H2,25,26,27,30,31). The van der Waals surface area contributed by atoms with E-state index in [1.54, 1.807) is 24.4 Å². The van der Waals surface area contributed by atoms with Crippen molar-refractivity contribution in [2.75, 3.05) is 5.32 Å². The molecule has 0 spiro atoms. The molecule has 0 saturated heterocycles. The van der Waals surface area contributed by atoms with Gasteiger partial charge in [0.25, 0.3) is 11.5 Å². The Labute approximate surface area is 174 Å². The molecular weight excluding hydrogens is 413 g/mol. The van der Waals surface area contributed by atoms with Gasteiger partial charge in [-0.1, -0.05) is 18.2 Å². The number of nitrogens with one attached hydrogen (secondary N) is 2. The largest absolute Gasteiger partial charge is 0.417 e. The highest BCUT2D eigenvalue weighted by molar-refractivity contribution is 6.07. The van der Waals surface area contributed by atoms with Crippen LogP contribution in [0.3, 0.4) is 0 Å². The van der Waals surface area contributed by atoms with Gasteiger partial charge < -0.3 is 4.57 Å². The Morgan fingerprint density at radius 2 is 1.87 bits per heavy atom. The quantitative estimate of drug-likeness (QED) is 0.662. The van der Waals surface area contributed by atoms with Crippen LogP contribution in [0.4, 0.5) is 23.8 Å². The van der Waals surface area contributed by atoms with Gasteiger partial charge in [-0.3, -0.25) is 20.2 Å². The van der Waals surface area contributed by atoms with Crippen molar-refractivity contribution < 1.29 is 22.8 Å². The molecule has 3 aromatic rings. The molecule has 1 aromatic carbocycles. The molecule has 3 amide bonds. The third-order valence-corrected chi connectivity index (χ3v) is 4.23. The molecule has 10 heteroatoms. The van der Waals surface area contributed by atoms with Crippen LogP contribution in [0.5, 0.6) is 0 Å². The summed E-state index contributed by atoms with van der Waals surface area (Å²) in [5, 5.41) is 4.56. The number of carbonyl (C=O) groups is 2. The Kier molecular flexibility index (Phi) is 6.19. The summed E-state index contributed by atoms with van der Waals surface area (Å²) in [6.45, 7) is 1.66. The maximum absolute atomic E-state index is 12.9. The number of halogens is 3. The minimum absolute atomic E-state index is 0.101. The fraction of sp³-hybridized carbons (Fsp3) is 0.143. The number of aryl methyl sites for hydroxylation is 1. The fourth-order valence-electron chi connectivity index (χ4n) is 2.69. The predicted octanol–water partition coefficient (Wildman–Crippen LogP) is 3.58. The summed E-state index contributed by atoms with van der Waals surface area (Å²) >= 11 is 0. The number of urea groups is 1. The van der Waals surface area contributed by atoms with Crippen molar-refractivity contribution >= 4 is 17.8 Å². The van der Waals surface area contributed by atoms with Crippen LogP contribution in [0.25, 0.3) is 0 Å². The highest BCUT2D eigenvalue weighted by Crippen LogP contribution is 2.28. The lowest BCUT2D eigenvalue weighted by Gasteiger charge is -2.11. The first-order valence-corrected chi connectivity index (χ1v) is 9.03. The monoisotopic (exact) mass is 430 g/mol. The van der Waals surface area contributed by atoms with Crippen LogP contribution in [0, 0.1) is 6.92 Å². The second-order valence-corrected chi connectivity index (χ2v) is 6.71. The normalized spacial score (nSPS) is 11.1. The molecule has 160 valence electrons. The molecular formula is C21H17F3N4O3. The number of imide groups is 1. The molecule has 3 rings (SSSR count). The smallest absolute Gasteiger partial charge is 0.311 e. The molecule has 0 unspecified atom stereocenters. The minimum Gasteiger partial charge on any atom is -0.311 e. The second kappa shape index (κ2) is 8.82. The second-order valence-electron chi connectivity index (χ2n) is 6.71. The number of hydrogen-bond donors (Lipinski definition) is 2. The predicted molar refractivity (Wildman–Crippen MR) is 107 cm³/mol. The first-order valence-electron chi connectivity index (χ1n) is 9.03. The Morgan fingerprint density at radius 1 is 1.10 bits per heavy atom. The molecule has 0 aliphatic heterocycles. The van der Waals surface area contributed by atoms with Crippen molar-refractivity contribution in [2.24, 2.45) is 0 Å². The molecule has 2 aromatic heterocycles. The lowest BCUT2D eigenvalue weighted by atomic mass is 10.1. The Morgan fingerprint density at radius 3 is 2.55 bits per heavy atom. The van der Waals surface area contributed by atoms with Gasteiger partial charge in [0, 0.05) is 24.0 Å². The minimum atomic E-state index is -4.59. The highest BCUT2D eigenvalue weighted by Gasteiger charge is 2.31. The number of alkyl halides is 3. The van der Waals surface area contributed by atoms with E-state index in [1.165, 1.54) is 18.2 Å². The number of hydrogen-bond acceptors (Lipinski definition) is 4. The summed E-state index contributed by atoms with van der Waals surface area (Å²) in [6.07, 6.45) is -2.31. The van der Waals surface area contributed by atoms with E-state index in [1.807, 2.05) is 6.92 Å². The van der Waals surface area contributed by atoms with Crippen LogP contribution in [-0.2, 0) is 12.7 Å². The van der Waals surface area contributed by atoms with Crippen molar-refractivity contribution in [3.63, 3.8) is 0 Å². The lowest BCUT2D eigenvalue weighted by Crippen LogP contribution is -2.34. The first-order chi connectivity index (χ1) is 14.6. The van der Waals surface area contributed by atoms with Crippen LogP contribution in [0.2, 0.25) is 0 Å². The maximum Gasteiger partial charge on any atom is 0.417 e. The SMILES string of the molecule is Cc1ccc(NC(=O)NC(=O)c2cccc(Cn3cc(C(F)(F)F)ccc3=O)c2)nc1. The van der Waals surface area contributed by atoms with E-state index < -0.39 is 29.2 Å². The molecule has 0 radical (unpaired) electrons. The van der Waals surface area contributed by atoms with Crippen molar-refractivity contribution in [3.05, 3.63) is 93.5 Å². The number of nitrogens with zero attached hydrogens (tertiary/aromatic N) is 2. The summed E-state index contributed by atoms with van der Waals surface area (Å²) in [7, 11) is 0. The van der Waals surface area contributed by atoms with Crippen molar-refractivity contribution in [3.8, 4) is 0 Å². The average Bonchev–Trinajstić information content (AvgIpc) is 2.70. The maximum atomic E-state index is 12.9. The summed E-state index contributed by atoms with van der Waals surface area (Å²) in [5.74, 6) is -0.462. The Hall–Kier alpha value is -3.95. The van der Waals surface area contributed by atoms with Crippen molar-refractivity contribution in [2.45, 2.75) is 19.6 Å². The Balaban J connectivity index is 1.71. The van der Waals surface area contributed by atoms with Gasteiger partial charge in [0.15, 0.2) is 0 Å². The number of benzene rings is 1. The van der Waals surface area contributed by atoms with Crippen molar-refractivity contribution in [1.29, 1.82) is 0 Å². The van der Waals surface area contributed by atoms with Crippen molar-refractivity contribution in [1.82, 2.24) is 14.9 Å². The third-order valence-electron chi connectivity index (χ3n) is 4.23. The van der Waals surface area contributed by atoms with Gasteiger partial charge in [-0.2, -0.15) is 13.2 Å². The zero-order valence-corrected chi connectivity index (χ0v) is 16.2. The van der Waals surface area contributed by atoms with E-state index >= 15 is 0 Å². The number of pyridine rings is 2. The molecule has 7 nitrogen and oxygen atoms in total. The van der Waals surface area contributed by atoms with E-state index in [0.717, 1.165) is 22.4 Å². The fourth-order valence-corrected chi connectivity index (χ4v) is 2.69.